The lowest BCUT2D eigenvalue weighted by Gasteiger charge is -2.27. The average Bonchev–Trinajstić information content (AvgIpc) is 3.39. The predicted molar refractivity (Wildman–Crippen MR) is 167 cm³/mol. The number of Topliss-reactive ketones (excluding diaryl/α,β-unsaturated/α-hetero) is 1. The first-order valence-electron chi connectivity index (χ1n) is 16.0. The fourth-order valence-electron chi connectivity index (χ4n) is 5.81. The molecule has 0 aromatic carbocycles. The molecular weight excluding hydrogens is 570 g/mol. The Morgan fingerprint density at radius 3 is 1.95 bits per heavy atom. The maximum atomic E-state index is 13.5. The number of carbonyl (C=O) groups excluding carboxylic acids is 5. The van der Waals surface area contributed by atoms with Gasteiger partial charge in [-0.1, -0.05) is 48.0 Å². The number of fused-ring (bicyclic) bond motifs is 1. The molecule has 3 rings (SSSR count). The third kappa shape index (κ3) is 10.7. The second-order valence-electron chi connectivity index (χ2n) is 13.9. The number of nitrogens with one attached hydrogen (secondary N) is 5. The van der Waals surface area contributed by atoms with Gasteiger partial charge >= 0.3 is 6.03 Å². The van der Waals surface area contributed by atoms with Crippen molar-refractivity contribution in [3.05, 3.63) is 0 Å². The van der Waals surface area contributed by atoms with Crippen molar-refractivity contribution in [1.29, 1.82) is 0 Å². The van der Waals surface area contributed by atoms with Gasteiger partial charge < -0.3 is 31.3 Å². The van der Waals surface area contributed by atoms with Crippen LogP contribution in [0.4, 0.5) is 4.79 Å². The van der Waals surface area contributed by atoms with E-state index in [9.17, 15) is 24.0 Å². The Hall–Kier alpha value is -2.34. The van der Waals surface area contributed by atoms with Crippen LogP contribution in [0.1, 0.15) is 93.4 Å². The summed E-state index contributed by atoms with van der Waals surface area (Å²) in [4.78, 5) is 64.5. The Balaban J connectivity index is 1.54. The van der Waals surface area contributed by atoms with Gasteiger partial charge in [0, 0.05) is 17.4 Å². The number of unbranched alkanes of at least 4 members (excludes halogenated alkanes) is 1. The van der Waals surface area contributed by atoms with Crippen LogP contribution in [0, 0.1) is 17.8 Å². The molecule has 0 bridgehead atoms. The highest BCUT2D eigenvalue weighted by Gasteiger charge is 2.50. The average molecular weight is 624 g/mol. The van der Waals surface area contributed by atoms with Crippen molar-refractivity contribution in [2.45, 2.75) is 134 Å². The molecule has 0 aromatic heterocycles. The number of urea groups is 1. The lowest BCUT2D eigenvalue weighted by Crippen LogP contribution is -2.57. The number of rotatable bonds is 18. The quantitative estimate of drug-likeness (QED) is 0.0892. The first-order valence-corrected chi connectivity index (χ1v) is 17.0. The Morgan fingerprint density at radius 2 is 1.40 bits per heavy atom. The van der Waals surface area contributed by atoms with Gasteiger partial charge in [-0.3, -0.25) is 19.2 Å². The molecule has 0 aromatic rings. The van der Waals surface area contributed by atoms with Crippen molar-refractivity contribution in [3.63, 3.8) is 0 Å². The minimum Gasteiger partial charge on any atom is -0.361 e. The largest absolute Gasteiger partial charge is 0.361 e. The summed E-state index contributed by atoms with van der Waals surface area (Å²) in [5.41, 5.74) is -0.863. The molecule has 5 amide bonds. The van der Waals surface area contributed by atoms with Gasteiger partial charge in [-0.2, -0.15) is 11.8 Å². The topological polar surface area (TPSA) is 158 Å². The van der Waals surface area contributed by atoms with Crippen LogP contribution >= 0.6 is 11.8 Å². The minimum absolute atomic E-state index is 0.103. The maximum Gasteiger partial charge on any atom is 0.315 e. The Bertz CT molecular complexity index is 1020. The van der Waals surface area contributed by atoms with Crippen LogP contribution in [-0.2, 0) is 23.9 Å². The van der Waals surface area contributed by atoms with E-state index in [1.807, 2.05) is 53.3 Å². The third-order valence-corrected chi connectivity index (χ3v) is 9.73. The maximum absolute atomic E-state index is 13.5. The zero-order chi connectivity index (χ0) is 31.9. The number of epoxide rings is 1. The van der Waals surface area contributed by atoms with Crippen LogP contribution in [0.3, 0.4) is 0 Å². The minimum atomic E-state index is -0.863. The summed E-state index contributed by atoms with van der Waals surface area (Å²) in [6.07, 6.45) is 4.05. The van der Waals surface area contributed by atoms with E-state index in [1.54, 1.807) is 6.92 Å². The molecule has 0 saturated carbocycles. The van der Waals surface area contributed by atoms with Crippen molar-refractivity contribution in [2.75, 3.05) is 12.4 Å². The lowest BCUT2D eigenvalue weighted by atomic mass is 9.92. The SMILES string of the molecule is CC(C)CC(NC(=O)[C@H](CC(C)C)NC(=O)[C@H](CC(C)C)NC(=O)CCCC[C@@H]1SCC2NC(=O)NC21)C(=O)[C@@]1(C)CO1. The zero-order valence-electron chi connectivity index (χ0n) is 26.9. The molecule has 3 aliphatic heterocycles. The standard InChI is InChI=1S/C31H53N5O6S/c1-17(2)12-20(27(38)31(7)16-42-31)33-29(40)22(14-19(5)6)34-28(39)21(13-18(3)4)32-25(37)11-9-8-10-24-26-23(15-43-24)35-30(41)36-26/h17-24,26H,8-16H2,1-7H3,(H,32,37)(H,33,40)(H,34,39)(H2,35,36,41)/t20?,21-,22-,23?,24-,26?,31+/m0/s1. The molecule has 3 saturated heterocycles. The van der Waals surface area contributed by atoms with E-state index < -0.39 is 35.5 Å². The van der Waals surface area contributed by atoms with Crippen molar-refractivity contribution < 1.29 is 28.7 Å². The highest BCUT2D eigenvalue weighted by Crippen LogP contribution is 2.33. The summed E-state index contributed by atoms with van der Waals surface area (Å²) < 4.78 is 5.35. The molecule has 43 heavy (non-hydrogen) atoms. The summed E-state index contributed by atoms with van der Waals surface area (Å²) in [6, 6.07) is -2.09. The molecule has 0 aliphatic carbocycles. The van der Waals surface area contributed by atoms with E-state index in [0.717, 1.165) is 18.6 Å². The molecule has 0 spiro atoms. The molecule has 3 aliphatic rings. The Morgan fingerprint density at radius 1 is 0.860 bits per heavy atom. The molecule has 0 radical (unpaired) electrons. The first-order chi connectivity index (χ1) is 20.2. The molecule has 5 N–H and O–H groups in total. The number of thioether (sulfide) groups is 1. The third-order valence-electron chi connectivity index (χ3n) is 8.22. The predicted octanol–water partition coefficient (Wildman–Crippen LogP) is 2.66. The zero-order valence-corrected chi connectivity index (χ0v) is 27.7. The van der Waals surface area contributed by atoms with Crippen molar-refractivity contribution in [2.24, 2.45) is 17.8 Å². The van der Waals surface area contributed by atoms with Crippen LogP contribution in [-0.4, -0.2) is 83.0 Å². The normalized spacial score (nSPS) is 26.4. The van der Waals surface area contributed by atoms with E-state index in [2.05, 4.69) is 26.6 Å². The summed E-state index contributed by atoms with van der Waals surface area (Å²) in [5.74, 6) is 0.186. The second kappa shape index (κ2) is 15.6. The van der Waals surface area contributed by atoms with Gasteiger partial charge in [0.25, 0.3) is 0 Å². The van der Waals surface area contributed by atoms with Gasteiger partial charge in [-0.25, -0.2) is 4.79 Å². The second-order valence-corrected chi connectivity index (χ2v) is 15.2. The van der Waals surface area contributed by atoms with Gasteiger partial charge in [0.05, 0.1) is 24.7 Å². The molecule has 3 heterocycles. The van der Waals surface area contributed by atoms with Crippen LogP contribution in [0.15, 0.2) is 0 Å². The Kier molecular flexibility index (Phi) is 12.7. The van der Waals surface area contributed by atoms with Gasteiger partial charge in [0.2, 0.25) is 17.7 Å². The smallest absolute Gasteiger partial charge is 0.315 e. The van der Waals surface area contributed by atoms with E-state index in [-0.39, 0.29) is 47.6 Å². The Labute approximate surface area is 260 Å². The van der Waals surface area contributed by atoms with Crippen LogP contribution in [0.2, 0.25) is 0 Å². The van der Waals surface area contributed by atoms with Crippen LogP contribution in [0.25, 0.3) is 0 Å². The molecule has 244 valence electrons. The number of hydrogen-bond donors (Lipinski definition) is 5. The lowest BCUT2D eigenvalue weighted by molar-refractivity contribution is -0.134. The fourth-order valence-corrected chi connectivity index (χ4v) is 7.36. The number of ether oxygens (including phenoxy) is 1. The first kappa shape index (κ1) is 35.1. The summed E-state index contributed by atoms with van der Waals surface area (Å²) >= 11 is 1.85. The summed E-state index contributed by atoms with van der Waals surface area (Å²) in [5, 5.41) is 15.0. The number of ketones is 1. The van der Waals surface area contributed by atoms with E-state index in [0.29, 0.717) is 44.0 Å². The van der Waals surface area contributed by atoms with Crippen molar-refractivity contribution in [3.8, 4) is 0 Å². The molecular formula is C31H53N5O6S. The van der Waals surface area contributed by atoms with E-state index in [1.165, 1.54) is 0 Å². The molecule has 3 unspecified atom stereocenters. The van der Waals surface area contributed by atoms with E-state index >= 15 is 0 Å². The molecule has 7 atom stereocenters. The number of carbonyl (C=O) groups is 5. The number of hydrogen-bond acceptors (Lipinski definition) is 7. The van der Waals surface area contributed by atoms with Gasteiger partial charge in [-0.05, 0) is 56.8 Å². The number of amides is 5. The van der Waals surface area contributed by atoms with Gasteiger partial charge in [0.15, 0.2) is 5.78 Å². The summed E-state index contributed by atoms with van der Waals surface area (Å²) in [6.45, 7) is 14.0. The van der Waals surface area contributed by atoms with Crippen LogP contribution < -0.4 is 26.6 Å². The highest BCUT2D eigenvalue weighted by molar-refractivity contribution is 8.00. The van der Waals surface area contributed by atoms with Gasteiger partial charge in [0.1, 0.15) is 17.7 Å². The monoisotopic (exact) mass is 623 g/mol. The molecule has 3 fully saturated rings. The summed E-state index contributed by atoms with van der Waals surface area (Å²) in [7, 11) is 0. The van der Waals surface area contributed by atoms with Crippen molar-refractivity contribution in [1.82, 2.24) is 26.6 Å². The van der Waals surface area contributed by atoms with Crippen LogP contribution in [0.5, 0.6) is 0 Å². The van der Waals surface area contributed by atoms with Crippen molar-refractivity contribution >= 4 is 41.3 Å². The fraction of sp³-hybridized carbons (Fsp3) is 0.839. The van der Waals surface area contributed by atoms with E-state index in [4.69, 9.17) is 4.74 Å². The molecule has 12 heteroatoms. The van der Waals surface area contributed by atoms with Gasteiger partial charge in [-0.15, -0.1) is 0 Å². The molecule has 11 nitrogen and oxygen atoms in total. The highest BCUT2D eigenvalue weighted by atomic mass is 32.2.